The second-order valence-electron chi connectivity index (χ2n) is 4.43. The molecular weight excluding hydrogens is 188 g/mol. The van der Waals surface area contributed by atoms with Gasteiger partial charge in [-0.1, -0.05) is 6.07 Å². The molecule has 0 bridgehead atoms. The molecule has 2 aliphatic rings. The fourth-order valence-corrected chi connectivity index (χ4v) is 2.29. The lowest BCUT2D eigenvalue weighted by Crippen LogP contribution is -2.31. The molecule has 0 aromatic carbocycles. The zero-order chi connectivity index (χ0) is 10.1. The molecule has 0 amide bonds. The molecule has 80 valence electrons. The third-order valence-corrected chi connectivity index (χ3v) is 3.22. The monoisotopic (exact) mass is 204 g/mol. The van der Waals surface area contributed by atoms with Crippen molar-refractivity contribution in [2.24, 2.45) is 5.92 Å². The van der Waals surface area contributed by atoms with Gasteiger partial charge in [0.05, 0.1) is 12.1 Å². The third-order valence-electron chi connectivity index (χ3n) is 3.22. The summed E-state index contributed by atoms with van der Waals surface area (Å²) in [4.78, 5) is 4.29. The molecule has 1 aromatic heterocycles. The highest BCUT2D eigenvalue weighted by Crippen LogP contribution is 2.39. The first-order chi connectivity index (χ1) is 7.43. The maximum Gasteiger partial charge on any atom is 0.126 e. The van der Waals surface area contributed by atoms with E-state index in [2.05, 4.69) is 10.3 Å². The average molecular weight is 204 g/mol. The van der Waals surface area contributed by atoms with E-state index in [1.54, 1.807) is 0 Å². The van der Waals surface area contributed by atoms with Gasteiger partial charge in [-0.2, -0.15) is 0 Å². The number of aromatic nitrogens is 1. The summed E-state index contributed by atoms with van der Waals surface area (Å²) in [7, 11) is 0. The van der Waals surface area contributed by atoms with Gasteiger partial charge in [-0.05, 0) is 37.3 Å². The Bertz CT molecular complexity index is 324. The van der Waals surface area contributed by atoms with Crippen LogP contribution in [0, 0.1) is 5.92 Å². The van der Waals surface area contributed by atoms with Crippen LogP contribution >= 0.6 is 0 Å². The van der Waals surface area contributed by atoms with Crippen LogP contribution in [-0.2, 0) is 4.74 Å². The van der Waals surface area contributed by atoms with E-state index in [0.29, 0.717) is 12.1 Å². The normalized spacial score (nSPS) is 30.4. The molecule has 3 rings (SSSR count). The van der Waals surface area contributed by atoms with Gasteiger partial charge in [-0.25, -0.2) is 4.98 Å². The summed E-state index contributed by atoms with van der Waals surface area (Å²) in [6, 6.07) is 6.43. The maximum atomic E-state index is 5.77. The Labute approximate surface area is 89.9 Å². The fraction of sp³-hybridized carbons (Fsp3) is 0.583. The summed E-state index contributed by atoms with van der Waals surface area (Å²) < 4.78 is 5.77. The van der Waals surface area contributed by atoms with Crippen molar-refractivity contribution in [3.8, 4) is 0 Å². The molecule has 0 spiro atoms. The summed E-state index contributed by atoms with van der Waals surface area (Å²) in [5, 5.41) is 3.48. The van der Waals surface area contributed by atoms with Crippen LogP contribution in [0.3, 0.4) is 0 Å². The highest BCUT2D eigenvalue weighted by molar-refractivity contribution is 5.35. The Morgan fingerprint density at radius 2 is 2.20 bits per heavy atom. The van der Waals surface area contributed by atoms with E-state index < -0.39 is 0 Å². The van der Waals surface area contributed by atoms with Crippen LogP contribution in [0.25, 0.3) is 0 Å². The Morgan fingerprint density at radius 3 is 2.93 bits per heavy atom. The lowest BCUT2D eigenvalue weighted by molar-refractivity contribution is 0.0898. The van der Waals surface area contributed by atoms with Crippen LogP contribution in [0.2, 0.25) is 0 Å². The number of rotatable bonds is 3. The molecule has 2 fully saturated rings. The Hall–Kier alpha value is -1.09. The van der Waals surface area contributed by atoms with Gasteiger partial charge in [0.2, 0.25) is 0 Å². The Kier molecular flexibility index (Phi) is 2.33. The topological polar surface area (TPSA) is 34.1 Å². The Morgan fingerprint density at radius 1 is 1.27 bits per heavy atom. The lowest BCUT2D eigenvalue weighted by atomic mass is 10.1. The minimum absolute atomic E-state index is 0.423. The molecular formula is C12H16N2O. The minimum atomic E-state index is 0.423. The molecule has 2 atom stereocenters. The van der Waals surface area contributed by atoms with Crippen LogP contribution in [-0.4, -0.2) is 23.7 Å². The van der Waals surface area contributed by atoms with Crippen molar-refractivity contribution in [3.63, 3.8) is 0 Å². The second kappa shape index (κ2) is 3.81. The van der Waals surface area contributed by atoms with Crippen LogP contribution in [0.15, 0.2) is 24.4 Å². The van der Waals surface area contributed by atoms with Gasteiger partial charge >= 0.3 is 0 Å². The van der Waals surface area contributed by atoms with E-state index in [-0.39, 0.29) is 0 Å². The van der Waals surface area contributed by atoms with Crippen LogP contribution in [0.1, 0.15) is 19.3 Å². The highest BCUT2D eigenvalue weighted by Gasteiger charge is 2.40. The lowest BCUT2D eigenvalue weighted by Gasteiger charge is -2.19. The van der Waals surface area contributed by atoms with E-state index in [4.69, 9.17) is 4.74 Å². The van der Waals surface area contributed by atoms with Crippen molar-refractivity contribution in [3.05, 3.63) is 24.4 Å². The Balaban J connectivity index is 1.67. The molecule has 3 nitrogen and oxygen atoms in total. The summed E-state index contributed by atoms with van der Waals surface area (Å²) in [6.07, 6.45) is 6.03. The van der Waals surface area contributed by atoms with Crippen molar-refractivity contribution in [1.29, 1.82) is 0 Å². The van der Waals surface area contributed by atoms with Crippen LogP contribution in [0.5, 0.6) is 0 Å². The summed E-state index contributed by atoms with van der Waals surface area (Å²) in [6.45, 7) is 0.895. The van der Waals surface area contributed by atoms with E-state index in [1.165, 1.54) is 12.8 Å². The third kappa shape index (κ3) is 1.97. The first-order valence-electron chi connectivity index (χ1n) is 5.72. The molecule has 1 saturated carbocycles. The van der Waals surface area contributed by atoms with Crippen LogP contribution in [0.4, 0.5) is 5.82 Å². The predicted octanol–water partition coefficient (Wildman–Crippen LogP) is 2.06. The van der Waals surface area contributed by atoms with Crippen LogP contribution < -0.4 is 5.32 Å². The SMILES string of the molecule is c1ccc(NC2CCOC2C2CC2)nc1. The van der Waals surface area contributed by atoms with Gasteiger partial charge < -0.3 is 10.1 Å². The van der Waals surface area contributed by atoms with Crippen molar-refractivity contribution in [2.75, 3.05) is 11.9 Å². The standard InChI is InChI=1S/C12H16N2O/c1-2-7-13-11(3-1)14-10-6-8-15-12(10)9-4-5-9/h1-3,7,9-10,12H,4-6,8H2,(H,13,14). The summed E-state index contributed by atoms with van der Waals surface area (Å²) in [5.41, 5.74) is 0. The molecule has 2 heterocycles. The van der Waals surface area contributed by atoms with E-state index in [9.17, 15) is 0 Å². The zero-order valence-electron chi connectivity index (χ0n) is 8.73. The highest BCUT2D eigenvalue weighted by atomic mass is 16.5. The maximum absolute atomic E-state index is 5.77. The van der Waals surface area contributed by atoms with Gasteiger partial charge in [0.1, 0.15) is 5.82 Å². The number of nitrogens with zero attached hydrogens (tertiary/aromatic N) is 1. The van der Waals surface area contributed by atoms with Gasteiger partial charge in [0.25, 0.3) is 0 Å². The first kappa shape index (κ1) is 9.16. The quantitative estimate of drug-likeness (QED) is 0.818. The number of hydrogen-bond acceptors (Lipinski definition) is 3. The number of pyridine rings is 1. The van der Waals surface area contributed by atoms with Crippen molar-refractivity contribution < 1.29 is 4.74 Å². The predicted molar refractivity (Wildman–Crippen MR) is 58.7 cm³/mol. The van der Waals surface area contributed by atoms with Crippen molar-refractivity contribution in [1.82, 2.24) is 4.98 Å². The second-order valence-corrected chi connectivity index (χ2v) is 4.43. The molecule has 1 aliphatic heterocycles. The number of ether oxygens (including phenoxy) is 1. The zero-order valence-corrected chi connectivity index (χ0v) is 8.73. The number of anilines is 1. The number of nitrogens with one attached hydrogen (secondary N) is 1. The average Bonchev–Trinajstić information content (AvgIpc) is 3.02. The van der Waals surface area contributed by atoms with Gasteiger partial charge in [0, 0.05) is 12.8 Å². The smallest absolute Gasteiger partial charge is 0.126 e. The molecule has 15 heavy (non-hydrogen) atoms. The molecule has 1 aromatic rings. The fourth-order valence-electron chi connectivity index (χ4n) is 2.29. The van der Waals surface area contributed by atoms with Gasteiger partial charge in [-0.15, -0.1) is 0 Å². The van der Waals surface area contributed by atoms with Crippen molar-refractivity contribution in [2.45, 2.75) is 31.4 Å². The molecule has 2 unspecified atom stereocenters. The van der Waals surface area contributed by atoms with Gasteiger partial charge in [-0.3, -0.25) is 0 Å². The summed E-state index contributed by atoms with van der Waals surface area (Å²) in [5.74, 6) is 1.77. The largest absolute Gasteiger partial charge is 0.376 e. The summed E-state index contributed by atoms with van der Waals surface area (Å²) >= 11 is 0. The minimum Gasteiger partial charge on any atom is -0.376 e. The van der Waals surface area contributed by atoms with E-state index in [1.807, 2.05) is 24.4 Å². The molecule has 1 aliphatic carbocycles. The van der Waals surface area contributed by atoms with E-state index >= 15 is 0 Å². The number of hydrogen-bond donors (Lipinski definition) is 1. The molecule has 3 heteroatoms. The van der Waals surface area contributed by atoms with Gasteiger partial charge in [0.15, 0.2) is 0 Å². The van der Waals surface area contributed by atoms with Crippen molar-refractivity contribution >= 4 is 5.82 Å². The molecule has 0 radical (unpaired) electrons. The molecule has 1 N–H and O–H groups in total. The van der Waals surface area contributed by atoms with E-state index in [0.717, 1.165) is 24.8 Å². The molecule has 1 saturated heterocycles. The first-order valence-corrected chi connectivity index (χ1v) is 5.72.